The predicted molar refractivity (Wildman–Crippen MR) is 239 cm³/mol. The highest BCUT2D eigenvalue weighted by atomic mass is 31.2. The number of hydrogen-bond acceptors (Lipinski definition) is 12. The van der Waals surface area contributed by atoms with Gasteiger partial charge >= 0.3 is 19.8 Å². The molecule has 61 heavy (non-hydrogen) atoms. The zero-order valence-corrected chi connectivity index (χ0v) is 38.2. The molecule has 0 aromatic rings. The van der Waals surface area contributed by atoms with Crippen LogP contribution >= 0.6 is 7.82 Å². The SMILES string of the molecule is C=CCCCCCCCCCCCCCCCC(=O)OC[C@H](COP(=O)(O)OC1C(O)C(O)C(O)[C@H](O)C1O)OC(=O)CCCCCC/C=C/C/C=C/C/C=C/CCCCC. The van der Waals surface area contributed by atoms with Crippen molar-refractivity contribution in [1.29, 1.82) is 0 Å². The van der Waals surface area contributed by atoms with E-state index in [0.29, 0.717) is 12.8 Å². The first-order valence-electron chi connectivity index (χ1n) is 23.4. The summed E-state index contributed by atoms with van der Waals surface area (Å²) >= 11 is 0. The van der Waals surface area contributed by atoms with Crippen LogP contribution in [0.5, 0.6) is 0 Å². The summed E-state index contributed by atoms with van der Waals surface area (Å²) in [5.41, 5.74) is 0. The average molecular weight is 887 g/mol. The highest BCUT2D eigenvalue weighted by molar-refractivity contribution is 7.47. The van der Waals surface area contributed by atoms with Crippen molar-refractivity contribution in [2.24, 2.45) is 0 Å². The average Bonchev–Trinajstić information content (AvgIpc) is 3.24. The maximum Gasteiger partial charge on any atom is 0.472 e. The molecule has 0 amide bonds. The molecular weight excluding hydrogens is 803 g/mol. The van der Waals surface area contributed by atoms with E-state index < -0.39 is 75.7 Å². The Morgan fingerprint density at radius 1 is 0.557 bits per heavy atom. The smallest absolute Gasteiger partial charge is 0.462 e. The number of phosphoric ester groups is 1. The van der Waals surface area contributed by atoms with Crippen molar-refractivity contribution >= 4 is 19.8 Å². The van der Waals surface area contributed by atoms with Gasteiger partial charge in [-0.05, 0) is 64.2 Å². The van der Waals surface area contributed by atoms with E-state index in [1.165, 1.54) is 77.0 Å². The van der Waals surface area contributed by atoms with E-state index in [0.717, 1.165) is 70.6 Å². The molecule has 0 bridgehead atoms. The first-order chi connectivity index (χ1) is 29.4. The van der Waals surface area contributed by atoms with E-state index in [-0.39, 0.29) is 12.8 Å². The molecular formula is C47H83O13P. The van der Waals surface area contributed by atoms with Crippen molar-refractivity contribution in [1.82, 2.24) is 0 Å². The highest BCUT2D eigenvalue weighted by Gasteiger charge is 2.51. The van der Waals surface area contributed by atoms with Crippen LogP contribution in [0.2, 0.25) is 0 Å². The van der Waals surface area contributed by atoms with Gasteiger partial charge in [0, 0.05) is 12.8 Å². The molecule has 1 aliphatic rings. The molecule has 0 saturated heterocycles. The number of aliphatic hydroxyl groups is 5. The third kappa shape index (κ3) is 29.7. The quantitative estimate of drug-likeness (QED) is 0.0147. The fraction of sp³-hybridized carbons (Fsp3) is 0.787. The minimum Gasteiger partial charge on any atom is -0.462 e. The number of aliphatic hydroxyl groups excluding tert-OH is 5. The normalized spacial score (nSPS) is 22.2. The number of unbranched alkanes of at least 4 members (excludes halogenated alkanes) is 20. The fourth-order valence-electron chi connectivity index (χ4n) is 6.98. The zero-order chi connectivity index (χ0) is 45.0. The van der Waals surface area contributed by atoms with E-state index in [9.17, 15) is 44.6 Å². The summed E-state index contributed by atoms with van der Waals surface area (Å²) in [4.78, 5) is 35.7. The fourth-order valence-corrected chi connectivity index (χ4v) is 7.95. The Morgan fingerprint density at radius 2 is 0.967 bits per heavy atom. The summed E-state index contributed by atoms with van der Waals surface area (Å²) in [5.74, 6) is -1.13. The lowest BCUT2D eigenvalue weighted by molar-refractivity contribution is -0.220. The summed E-state index contributed by atoms with van der Waals surface area (Å²) in [6, 6.07) is 0. The van der Waals surface area contributed by atoms with Gasteiger partial charge in [0.15, 0.2) is 6.10 Å². The van der Waals surface area contributed by atoms with Gasteiger partial charge in [-0.3, -0.25) is 18.6 Å². The first kappa shape index (κ1) is 56.8. The second-order valence-electron chi connectivity index (χ2n) is 16.3. The van der Waals surface area contributed by atoms with Crippen LogP contribution in [0.25, 0.3) is 0 Å². The number of allylic oxidation sites excluding steroid dienone is 7. The van der Waals surface area contributed by atoms with Crippen LogP contribution < -0.4 is 0 Å². The summed E-state index contributed by atoms with van der Waals surface area (Å²) in [6.07, 6.45) is 29.1. The molecule has 13 nitrogen and oxygen atoms in total. The van der Waals surface area contributed by atoms with Gasteiger partial charge in [-0.25, -0.2) is 4.57 Å². The van der Waals surface area contributed by atoms with Gasteiger partial charge in [-0.15, -0.1) is 6.58 Å². The molecule has 0 heterocycles. The number of phosphoric acid groups is 1. The largest absolute Gasteiger partial charge is 0.472 e. The van der Waals surface area contributed by atoms with Crippen LogP contribution in [-0.2, 0) is 32.7 Å². The number of rotatable bonds is 39. The number of carbonyl (C=O) groups excluding carboxylic acids is 2. The summed E-state index contributed by atoms with van der Waals surface area (Å²) in [6.45, 7) is 4.78. The standard InChI is InChI=1S/C47H83O13P/c1-3-5-7-9-11-13-15-17-19-20-22-24-26-28-30-32-34-36-41(49)59-39(38-58-61(55,56)60-47-45(53)43(51)42(50)44(52)46(47)54)37-57-40(48)35-33-31-29-27-25-23-21-18-16-14-12-10-8-6-4-2/h4,11,13,17,19,22,24,39,42-47,50-54H,2-3,5-10,12,14-16,18,20-21,23,25-38H2,1H3,(H,55,56)/b13-11+,19-17+,24-22+/t39-,42?,43+,44?,45?,46?,47?/m1/s1. The lowest BCUT2D eigenvalue weighted by atomic mass is 9.85. The van der Waals surface area contributed by atoms with Gasteiger partial charge in [0.05, 0.1) is 6.61 Å². The van der Waals surface area contributed by atoms with Crippen LogP contribution in [0.3, 0.4) is 0 Å². The van der Waals surface area contributed by atoms with E-state index >= 15 is 0 Å². The summed E-state index contributed by atoms with van der Waals surface area (Å²) in [7, 11) is -5.13. The second kappa shape index (κ2) is 37.2. The lowest BCUT2D eigenvalue weighted by Gasteiger charge is -2.41. The zero-order valence-electron chi connectivity index (χ0n) is 37.3. The Kier molecular flexibility index (Phi) is 34.7. The van der Waals surface area contributed by atoms with Crippen molar-refractivity contribution in [3.8, 4) is 0 Å². The molecule has 0 aliphatic heterocycles. The molecule has 6 N–H and O–H groups in total. The van der Waals surface area contributed by atoms with Crippen LogP contribution in [0.4, 0.5) is 0 Å². The van der Waals surface area contributed by atoms with E-state index in [2.05, 4.69) is 50.0 Å². The van der Waals surface area contributed by atoms with Gasteiger partial charge in [0.2, 0.25) is 0 Å². The molecule has 0 spiro atoms. The minimum absolute atomic E-state index is 0.0698. The predicted octanol–water partition coefficient (Wildman–Crippen LogP) is 9.17. The van der Waals surface area contributed by atoms with Gasteiger partial charge in [-0.1, -0.05) is 146 Å². The lowest BCUT2D eigenvalue weighted by Crippen LogP contribution is -2.64. The van der Waals surface area contributed by atoms with E-state index in [4.69, 9.17) is 18.5 Å². The highest BCUT2D eigenvalue weighted by Crippen LogP contribution is 2.47. The third-order valence-corrected chi connectivity index (χ3v) is 11.8. The van der Waals surface area contributed by atoms with Crippen molar-refractivity contribution in [3.63, 3.8) is 0 Å². The van der Waals surface area contributed by atoms with Crippen LogP contribution in [0, 0.1) is 0 Å². The second-order valence-corrected chi connectivity index (χ2v) is 17.7. The number of ether oxygens (including phenoxy) is 2. The molecule has 6 unspecified atom stereocenters. The molecule has 1 aliphatic carbocycles. The molecule has 0 aromatic carbocycles. The number of esters is 2. The number of hydrogen-bond donors (Lipinski definition) is 6. The summed E-state index contributed by atoms with van der Waals surface area (Å²) < 4.78 is 33.5. The van der Waals surface area contributed by atoms with Crippen molar-refractivity contribution in [3.05, 3.63) is 49.1 Å². The maximum absolute atomic E-state index is 12.8. The van der Waals surface area contributed by atoms with Gasteiger partial charge in [0.1, 0.15) is 43.2 Å². The Hall–Kier alpha value is -2.19. The van der Waals surface area contributed by atoms with E-state index in [1.807, 2.05) is 6.08 Å². The van der Waals surface area contributed by atoms with Crippen molar-refractivity contribution in [2.45, 2.75) is 223 Å². The van der Waals surface area contributed by atoms with Gasteiger partial charge < -0.3 is 39.9 Å². The Balaban J connectivity index is 2.47. The molecule has 1 rings (SSSR count). The van der Waals surface area contributed by atoms with Gasteiger partial charge in [0.25, 0.3) is 0 Å². The molecule has 0 aromatic heterocycles. The number of carbonyl (C=O) groups is 2. The summed E-state index contributed by atoms with van der Waals surface area (Å²) in [5, 5.41) is 50.1. The van der Waals surface area contributed by atoms with E-state index in [1.54, 1.807) is 0 Å². The van der Waals surface area contributed by atoms with Gasteiger partial charge in [-0.2, -0.15) is 0 Å². The van der Waals surface area contributed by atoms with Crippen molar-refractivity contribution in [2.75, 3.05) is 13.2 Å². The monoisotopic (exact) mass is 887 g/mol. The molecule has 14 heteroatoms. The molecule has 8 atom stereocenters. The van der Waals surface area contributed by atoms with Crippen LogP contribution in [-0.4, -0.2) is 98.3 Å². The first-order valence-corrected chi connectivity index (χ1v) is 24.9. The molecule has 1 fully saturated rings. The van der Waals surface area contributed by atoms with Crippen molar-refractivity contribution < 1.29 is 63.1 Å². The maximum atomic E-state index is 12.8. The Labute approximate surface area is 367 Å². The Bertz CT molecular complexity index is 1240. The topological polar surface area (TPSA) is 210 Å². The van der Waals surface area contributed by atoms with Crippen LogP contribution in [0.1, 0.15) is 180 Å². The molecule has 354 valence electrons. The molecule has 1 saturated carbocycles. The minimum atomic E-state index is -5.13. The molecule has 0 radical (unpaired) electrons. The van der Waals surface area contributed by atoms with Crippen LogP contribution in [0.15, 0.2) is 49.1 Å². The third-order valence-electron chi connectivity index (χ3n) is 10.8. The Morgan fingerprint density at radius 3 is 1.46 bits per heavy atom.